The fourth-order valence-electron chi connectivity index (χ4n) is 2.66. The highest BCUT2D eigenvalue weighted by atomic mass is 35.5. The smallest absolute Gasteiger partial charge is 0.358 e. The lowest BCUT2D eigenvalue weighted by atomic mass is 10.0. The molecule has 7 heteroatoms. The van der Waals surface area contributed by atoms with Crippen LogP contribution in [0.3, 0.4) is 0 Å². The lowest BCUT2D eigenvalue weighted by Crippen LogP contribution is -2.17. The molecule has 0 aliphatic rings. The third kappa shape index (κ3) is 5.62. The van der Waals surface area contributed by atoms with E-state index in [4.69, 9.17) is 27.9 Å². The Kier molecular flexibility index (Phi) is 7.51. The maximum atomic E-state index is 11.5. The predicted octanol–water partition coefficient (Wildman–Crippen LogP) is 5.21. The number of carboxylic acids is 1. The fraction of sp³-hybridized carbons (Fsp3) is 0.300. The van der Waals surface area contributed by atoms with Crippen molar-refractivity contribution in [2.75, 3.05) is 7.11 Å². The van der Waals surface area contributed by atoms with E-state index in [2.05, 4.69) is 23.8 Å². The van der Waals surface area contributed by atoms with Crippen LogP contribution in [0.1, 0.15) is 30.5 Å². The van der Waals surface area contributed by atoms with E-state index in [1.165, 1.54) is 7.11 Å². The zero-order valence-corrected chi connectivity index (χ0v) is 16.8. The van der Waals surface area contributed by atoms with Crippen molar-refractivity contribution in [1.29, 1.82) is 0 Å². The number of carboxylic acid groups (broad SMARTS) is 1. The van der Waals surface area contributed by atoms with Crippen LogP contribution in [-0.2, 0) is 22.7 Å². The van der Waals surface area contributed by atoms with Crippen molar-refractivity contribution in [2.45, 2.75) is 26.9 Å². The molecule has 0 spiro atoms. The van der Waals surface area contributed by atoms with Crippen molar-refractivity contribution in [3.8, 4) is 5.75 Å². The molecule has 0 heterocycles. The molecule has 27 heavy (non-hydrogen) atoms. The van der Waals surface area contributed by atoms with E-state index >= 15 is 0 Å². The molecule has 0 aliphatic carbocycles. The summed E-state index contributed by atoms with van der Waals surface area (Å²) >= 11 is 12.7. The predicted molar refractivity (Wildman–Crippen MR) is 107 cm³/mol. The van der Waals surface area contributed by atoms with Crippen LogP contribution in [0.15, 0.2) is 41.6 Å². The second kappa shape index (κ2) is 9.62. The molecule has 1 N–H and O–H groups in total. The summed E-state index contributed by atoms with van der Waals surface area (Å²) in [5, 5.41) is 13.8. The number of hydrogen-bond acceptors (Lipinski definition) is 4. The second-order valence-electron chi connectivity index (χ2n) is 6.36. The van der Waals surface area contributed by atoms with Crippen molar-refractivity contribution in [3.63, 3.8) is 0 Å². The topological polar surface area (TPSA) is 68.1 Å². The van der Waals surface area contributed by atoms with Crippen LogP contribution in [0.2, 0.25) is 10.0 Å². The first-order chi connectivity index (χ1) is 12.8. The van der Waals surface area contributed by atoms with Gasteiger partial charge in [0.1, 0.15) is 13.7 Å². The summed E-state index contributed by atoms with van der Waals surface area (Å²) in [5.74, 6) is -0.357. The summed E-state index contributed by atoms with van der Waals surface area (Å²) in [6.45, 7) is 4.31. The molecule has 0 aromatic heterocycles. The normalized spacial score (nSPS) is 11.6. The van der Waals surface area contributed by atoms with E-state index in [9.17, 15) is 9.90 Å². The molecule has 2 aromatic rings. The maximum absolute atomic E-state index is 11.5. The Morgan fingerprint density at radius 2 is 1.81 bits per heavy atom. The van der Waals surface area contributed by atoms with Gasteiger partial charge in [-0.3, -0.25) is 0 Å². The average molecular weight is 410 g/mol. The maximum Gasteiger partial charge on any atom is 0.358 e. The standard InChI is InChI=1S/C20H21Cl2NO4/c1-12(2)8-13-9-16(21)19(17(22)10-13)27-11-14-6-4-5-7-15(14)18(20(24)25)23-26-3/h4-7,9-10,12H,8,11H2,1-3H3,(H,24,25)/b23-18+. The van der Waals surface area contributed by atoms with E-state index in [1.807, 2.05) is 12.1 Å². The molecule has 0 aliphatic heterocycles. The highest BCUT2D eigenvalue weighted by Crippen LogP contribution is 2.35. The van der Waals surface area contributed by atoms with E-state index in [-0.39, 0.29) is 12.3 Å². The number of benzene rings is 2. The van der Waals surface area contributed by atoms with Gasteiger partial charge in [0.2, 0.25) is 0 Å². The molecule has 144 valence electrons. The van der Waals surface area contributed by atoms with Gasteiger partial charge in [-0.15, -0.1) is 0 Å². The average Bonchev–Trinajstić information content (AvgIpc) is 2.58. The summed E-state index contributed by atoms with van der Waals surface area (Å²) in [6.07, 6.45) is 0.859. The largest absolute Gasteiger partial charge is 0.486 e. The van der Waals surface area contributed by atoms with Gasteiger partial charge in [0.15, 0.2) is 11.5 Å². The molecule has 0 bridgehead atoms. The van der Waals surface area contributed by atoms with Gasteiger partial charge in [0, 0.05) is 5.56 Å². The lowest BCUT2D eigenvalue weighted by molar-refractivity contribution is -0.129. The Morgan fingerprint density at radius 1 is 1.19 bits per heavy atom. The zero-order valence-electron chi connectivity index (χ0n) is 15.3. The molecule has 2 rings (SSSR count). The fourth-order valence-corrected chi connectivity index (χ4v) is 3.30. The molecule has 2 aromatic carbocycles. The molecule has 0 unspecified atom stereocenters. The molecule has 0 radical (unpaired) electrons. The van der Waals surface area contributed by atoms with Gasteiger partial charge < -0.3 is 14.7 Å². The SMILES string of the molecule is CO/N=C(/C(=O)O)c1ccccc1COc1c(Cl)cc(CC(C)C)cc1Cl. The van der Waals surface area contributed by atoms with Crippen molar-refractivity contribution in [3.05, 3.63) is 63.1 Å². The van der Waals surface area contributed by atoms with Crippen LogP contribution in [0.25, 0.3) is 0 Å². The van der Waals surface area contributed by atoms with Crippen molar-refractivity contribution >= 4 is 34.9 Å². The van der Waals surface area contributed by atoms with Gasteiger partial charge in [-0.1, -0.05) is 66.5 Å². The molecular weight excluding hydrogens is 389 g/mol. The Labute approximate surface area is 168 Å². The van der Waals surface area contributed by atoms with E-state index in [1.54, 1.807) is 24.3 Å². The first-order valence-corrected chi connectivity index (χ1v) is 9.12. The van der Waals surface area contributed by atoms with Gasteiger partial charge in [0.05, 0.1) is 10.0 Å². The van der Waals surface area contributed by atoms with Crippen LogP contribution in [0.5, 0.6) is 5.75 Å². The van der Waals surface area contributed by atoms with Crippen LogP contribution in [0.4, 0.5) is 0 Å². The van der Waals surface area contributed by atoms with E-state index in [0.717, 1.165) is 12.0 Å². The summed E-state index contributed by atoms with van der Waals surface area (Å²) < 4.78 is 5.81. The lowest BCUT2D eigenvalue weighted by Gasteiger charge is -2.14. The molecule has 0 saturated heterocycles. The molecular formula is C20H21Cl2NO4. The molecule has 0 fully saturated rings. The number of halogens is 2. The number of carbonyl (C=O) groups is 1. The molecule has 5 nitrogen and oxygen atoms in total. The third-order valence-corrected chi connectivity index (χ3v) is 4.29. The quantitative estimate of drug-likeness (QED) is 0.480. The zero-order chi connectivity index (χ0) is 20.0. The van der Waals surface area contributed by atoms with Crippen LogP contribution in [0, 0.1) is 5.92 Å². The number of oxime groups is 1. The number of ether oxygens (including phenoxy) is 1. The first kappa shape index (κ1) is 21.1. The number of nitrogens with zero attached hydrogens (tertiary/aromatic N) is 1. The Hall–Kier alpha value is -2.24. The van der Waals surface area contributed by atoms with Gasteiger partial charge in [-0.2, -0.15) is 0 Å². The molecule has 0 amide bonds. The van der Waals surface area contributed by atoms with Gasteiger partial charge in [-0.05, 0) is 35.6 Å². The number of rotatable bonds is 8. The number of aliphatic carboxylic acids is 1. The van der Waals surface area contributed by atoms with Crippen LogP contribution >= 0.6 is 23.2 Å². The van der Waals surface area contributed by atoms with Gasteiger partial charge in [-0.25, -0.2) is 4.79 Å². The van der Waals surface area contributed by atoms with Crippen LogP contribution in [-0.4, -0.2) is 23.9 Å². The van der Waals surface area contributed by atoms with Crippen molar-refractivity contribution in [1.82, 2.24) is 0 Å². The Balaban J connectivity index is 2.28. The highest BCUT2D eigenvalue weighted by molar-refractivity contribution is 6.42. The van der Waals surface area contributed by atoms with Gasteiger partial charge in [0.25, 0.3) is 0 Å². The minimum atomic E-state index is -1.20. The van der Waals surface area contributed by atoms with E-state index < -0.39 is 5.97 Å². The van der Waals surface area contributed by atoms with Crippen molar-refractivity contribution in [2.24, 2.45) is 11.1 Å². The summed E-state index contributed by atoms with van der Waals surface area (Å²) in [4.78, 5) is 16.1. The number of hydrogen-bond donors (Lipinski definition) is 1. The van der Waals surface area contributed by atoms with Crippen LogP contribution < -0.4 is 4.74 Å². The Morgan fingerprint density at radius 3 is 2.37 bits per heavy atom. The summed E-state index contributed by atoms with van der Waals surface area (Å²) in [7, 11) is 1.29. The monoisotopic (exact) mass is 409 g/mol. The third-order valence-electron chi connectivity index (χ3n) is 3.73. The minimum Gasteiger partial charge on any atom is -0.486 e. The van der Waals surface area contributed by atoms with Gasteiger partial charge >= 0.3 is 5.97 Å². The first-order valence-electron chi connectivity index (χ1n) is 8.37. The molecule has 0 atom stereocenters. The molecule has 0 saturated carbocycles. The summed E-state index contributed by atoms with van der Waals surface area (Å²) in [6, 6.07) is 10.6. The Bertz CT molecular complexity index is 827. The van der Waals surface area contributed by atoms with Crippen molar-refractivity contribution < 1.29 is 19.5 Å². The van der Waals surface area contributed by atoms with E-state index in [0.29, 0.717) is 32.8 Å². The highest BCUT2D eigenvalue weighted by Gasteiger charge is 2.18. The minimum absolute atomic E-state index is 0.0785. The second-order valence-corrected chi connectivity index (χ2v) is 7.17. The summed E-state index contributed by atoms with van der Waals surface area (Å²) in [5.41, 5.74) is 1.85.